The molecule has 2 aliphatic rings. The molecule has 0 radical (unpaired) electrons. The molecule has 0 aromatic heterocycles. The maximum atomic E-state index is 10.8. The lowest BCUT2D eigenvalue weighted by Crippen LogP contribution is -2.28. The fourth-order valence-electron chi connectivity index (χ4n) is 1.20. The van der Waals surface area contributed by atoms with Crippen LogP contribution in [0.25, 0.3) is 0 Å². The fraction of sp³-hybridized carbons (Fsp3) is 0.833. The van der Waals surface area contributed by atoms with E-state index in [2.05, 4.69) is 0 Å². The van der Waals surface area contributed by atoms with Crippen molar-refractivity contribution in [2.45, 2.75) is 25.2 Å². The van der Waals surface area contributed by atoms with Gasteiger partial charge >= 0.3 is 0 Å². The third kappa shape index (κ3) is 0.767. The van der Waals surface area contributed by atoms with E-state index in [-0.39, 0.29) is 18.2 Å². The molecule has 3 heteroatoms. The summed E-state index contributed by atoms with van der Waals surface area (Å²) >= 11 is 0. The van der Waals surface area contributed by atoms with E-state index < -0.39 is 0 Å². The maximum Gasteiger partial charge on any atom is 0.164 e. The fourth-order valence-corrected chi connectivity index (χ4v) is 1.20. The highest BCUT2D eigenvalue weighted by Gasteiger charge is 2.35. The Morgan fingerprint density at radius 1 is 1.56 bits per heavy atom. The van der Waals surface area contributed by atoms with E-state index in [1.807, 2.05) is 0 Å². The van der Waals surface area contributed by atoms with Gasteiger partial charge in [0.25, 0.3) is 0 Å². The Morgan fingerprint density at radius 3 is 3.22 bits per heavy atom. The standard InChI is InChI=1S/C6H8O3/c7-4-1-2-6-8-3-5(4)9-6/h5-6H,1-3H2/t5-,6+/m0/s1. The molecule has 2 bridgehead atoms. The Morgan fingerprint density at radius 2 is 2.44 bits per heavy atom. The monoisotopic (exact) mass is 128 g/mol. The van der Waals surface area contributed by atoms with E-state index in [1.165, 1.54) is 0 Å². The highest BCUT2D eigenvalue weighted by Crippen LogP contribution is 2.23. The lowest BCUT2D eigenvalue weighted by molar-refractivity contribution is -0.141. The van der Waals surface area contributed by atoms with Gasteiger partial charge in [-0.2, -0.15) is 0 Å². The minimum absolute atomic E-state index is 0.0762. The van der Waals surface area contributed by atoms with Gasteiger partial charge in [0.2, 0.25) is 0 Å². The van der Waals surface area contributed by atoms with Gasteiger partial charge in [0.15, 0.2) is 12.1 Å². The first kappa shape index (κ1) is 5.38. The molecule has 50 valence electrons. The molecule has 0 saturated carbocycles. The molecule has 0 amide bonds. The molecule has 0 aliphatic carbocycles. The molecule has 0 aromatic carbocycles. The number of Topliss-reactive ketones (excluding diaryl/α,β-unsaturated/α-hetero) is 1. The summed E-state index contributed by atoms with van der Waals surface area (Å²) in [4.78, 5) is 10.8. The quantitative estimate of drug-likeness (QED) is 0.464. The number of hydrogen-bond acceptors (Lipinski definition) is 3. The van der Waals surface area contributed by atoms with Gasteiger partial charge in [-0.25, -0.2) is 0 Å². The van der Waals surface area contributed by atoms with Gasteiger partial charge in [-0.15, -0.1) is 0 Å². The van der Waals surface area contributed by atoms with Gasteiger partial charge < -0.3 is 9.47 Å². The van der Waals surface area contributed by atoms with Crippen molar-refractivity contribution >= 4 is 5.78 Å². The number of carbonyl (C=O) groups excluding carboxylic acids is 1. The summed E-state index contributed by atoms with van der Waals surface area (Å²) in [6.45, 7) is 0.476. The lowest BCUT2D eigenvalue weighted by Gasteiger charge is -2.15. The second-order valence-electron chi connectivity index (χ2n) is 2.39. The molecule has 2 fully saturated rings. The number of rotatable bonds is 0. The normalized spacial score (nSPS) is 41.6. The van der Waals surface area contributed by atoms with Crippen LogP contribution in [0.3, 0.4) is 0 Å². The second kappa shape index (κ2) is 1.78. The molecule has 0 aromatic rings. The first-order valence-electron chi connectivity index (χ1n) is 3.16. The molecule has 0 N–H and O–H groups in total. The van der Waals surface area contributed by atoms with Crippen molar-refractivity contribution in [3.8, 4) is 0 Å². The largest absolute Gasteiger partial charge is 0.349 e. The summed E-state index contributed by atoms with van der Waals surface area (Å²) in [6, 6.07) is 0. The lowest BCUT2D eigenvalue weighted by atomic mass is 10.1. The van der Waals surface area contributed by atoms with Crippen molar-refractivity contribution in [2.24, 2.45) is 0 Å². The van der Waals surface area contributed by atoms with E-state index in [9.17, 15) is 4.79 Å². The van der Waals surface area contributed by atoms with E-state index in [1.54, 1.807) is 0 Å². The van der Waals surface area contributed by atoms with Crippen LogP contribution in [0.2, 0.25) is 0 Å². The van der Waals surface area contributed by atoms with Crippen LogP contribution in [0, 0.1) is 0 Å². The van der Waals surface area contributed by atoms with E-state index in [0.717, 1.165) is 6.42 Å². The Bertz CT molecular complexity index is 143. The van der Waals surface area contributed by atoms with Crippen LogP contribution in [-0.2, 0) is 14.3 Å². The molecule has 2 saturated heterocycles. The Hall–Kier alpha value is -0.410. The molecule has 9 heavy (non-hydrogen) atoms. The van der Waals surface area contributed by atoms with Gasteiger partial charge in [0.05, 0.1) is 6.61 Å². The summed E-state index contributed by atoms with van der Waals surface area (Å²) in [5.41, 5.74) is 0. The Labute approximate surface area is 52.9 Å². The zero-order valence-electron chi connectivity index (χ0n) is 5.00. The van der Waals surface area contributed by atoms with E-state index in [4.69, 9.17) is 9.47 Å². The van der Waals surface area contributed by atoms with Crippen LogP contribution in [0.1, 0.15) is 12.8 Å². The van der Waals surface area contributed by atoms with Crippen molar-refractivity contribution in [2.75, 3.05) is 6.61 Å². The van der Waals surface area contributed by atoms with Crippen molar-refractivity contribution in [3.63, 3.8) is 0 Å². The number of carbonyl (C=O) groups is 1. The molecule has 2 rings (SSSR count). The van der Waals surface area contributed by atoms with Crippen molar-refractivity contribution in [3.05, 3.63) is 0 Å². The summed E-state index contributed by atoms with van der Waals surface area (Å²) in [7, 11) is 0. The summed E-state index contributed by atoms with van der Waals surface area (Å²) in [5.74, 6) is 0.198. The number of ether oxygens (including phenoxy) is 2. The summed E-state index contributed by atoms with van der Waals surface area (Å²) in [6.07, 6.45) is 1.07. The molecule has 0 spiro atoms. The van der Waals surface area contributed by atoms with Gasteiger partial charge in [-0.1, -0.05) is 0 Å². The molecule has 3 nitrogen and oxygen atoms in total. The average Bonchev–Trinajstić information content (AvgIpc) is 2.25. The van der Waals surface area contributed by atoms with Crippen molar-refractivity contribution in [1.29, 1.82) is 0 Å². The van der Waals surface area contributed by atoms with Crippen molar-refractivity contribution in [1.82, 2.24) is 0 Å². The van der Waals surface area contributed by atoms with Crippen LogP contribution in [-0.4, -0.2) is 24.8 Å². The Balaban J connectivity index is 2.14. The van der Waals surface area contributed by atoms with E-state index in [0.29, 0.717) is 13.0 Å². The first-order chi connectivity index (χ1) is 4.36. The third-order valence-electron chi connectivity index (χ3n) is 1.74. The predicted octanol–water partition coefficient (Wildman–Crippen LogP) is 0.0908. The van der Waals surface area contributed by atoms with Crippen LogP contribution < -0.4 is 0 Å². The van der Waals surface area contributed by atoms with Crippen LogP contribution in [0.4, 0.5) is 0 Å². The number of ketones is 1. The zero-order valence-corrected chi connectivity index (χ0v) is 5.00. The number of hydrogen-bond donors (Lipinski definition) is 0. The topological polar surface area (TPSA) is 35.5 Å². The highest BCUT2D eigenvalue weighted by atomic mass is 16.7. The number of fused-ring (bicyclic) bond motifs is 2. The average molecular weight is 128 g/mol. The molecule has 2 aliphatic heterocycles. The third-order valence-corrected chi connectivity index (χ3v) is 1.74. The molecule has 2 atom stereocenters. The molecule has 0 unspecified atom stereocenters. The van der Waals surface area contributed by atoms with Gasteiger partial charge in [0.1, 0.15) is 6.10 Å². The molecular weight excluding hydrogens is 120 g/mol. The first-order valence-corrected chi connectivity index (χ1v) is 3.16. The highest BCUT2D eigenvalue weighted by molar-refractivity contribution is 5.84. The van der Waals surface area contributed by atoms with Crippen molar-refractivity contribution < 1.29 is 14.3 Å². The zero-order chi connectivity index (χ0) is 6.27. The van der Waals surface area contributed by atoms with Gasteiger partial charge in [-0.05, 0) is 0 Å². The van der Waals surface area contributed by atoms with Crippen LogP contribution >= 0.6 is 0 Å². The molecule has 2 heterocycles. The van der Waals surface area contributed by atoms with Gasteiger partial charge in [0, 0.05) is 12.8 Å². The smallest absolute Gasteiger partial charge is 0.164 e. The Kier molecular flexibility index (Phi) is 1.07. The van der Waals surface area contributed by atoms with Crippen LogP contribution in [0.5, 0.6) is 0 Å². The van der Waals surface area contributed by atoms with E-state index >= 15 is 0 Å². The maximum absolute atomic E-state index is 10.8. The predicted molar refractivity (Wildman–Crippen MR) is 28.9 cm³/mol. The minimum Gasteiger partial charge on any atom is -0.349 e. The van der Waals surface area contributed by atoms with Crippen LogP contribution in [0.15, 0.2) is 0 Å². The SMILES string of the molecule is O=C1CC[C@@H]2OC[C@@H]1O2. The summed E-state index contributed by atoms with van der Waals surface area (Å²) < 4.78 is 10.2. The summed E-state index contributed by atoms with van der Waals surface area (Å²) in [5, 5.41) is 0. The van der Waals surface area contributed by atoms with Gasteiger partial charge in [-0.3, -0.25) is 4.79 Å². The molecular formula is C6H8O3. The minimum atomic E-state index is -0.233. The second-order valence-corrected chi connectivity index (χ2v) is 2.39.